The van der Waals surface area contributed by atoms with E-state index < -0.39 is 5.60 Å². The van der Waals surface area contributed by atoms with Crippen molar-refractivity contribution < 1.29 is 14.3 Å². The maximum absolute atomic E-state index is 12.3. The van der Waals surface area contributed by atoms with Gasteiger partial charge in [0.25, 0.3) is 0 Å². The smallest absolute Gasteiger partial charge is 0.410 e. The monoisotopic (exact) mass is 441 g/mol. The van der Waals surface area contributed by atoms with E-state index in [9.17, 15) is 4.79 Å². The number of benzene rings is 2. The van der Waals surface area contributed by atoms with Crippen LogP contribution in [0.1, 0.15) is 48.7 Å². The van der Waals surface area contributed by atoms with Crippen LogP contribution in [0.3, 0.4) is 0 Å². The average molecular weight is 442 g/mol. The molecule has 6 heteroatoms. The average Bonchev–Trinajstić information content (AvgIpc) is 2.81. The Morgan fingerprint density at radius 1 is 1.00 bits per heavy atom. The van der Waals surface area contributed by atoms with Gasteiger partial charge in [-0.05, 0) is 68.0 Å². The Morgan fingerprint density at radius 2 is 1.82 bits per heavy atom. The Labute approximate surface area is 194 Å². The van der Waals surface area contributed by atoms with E-state index in [2.05, 4.69) is 28.1 Å². The van der Waals surface area contributed by atoms with E-state index in [1.165, 1.54) is 5.56 Å². The van der Waals surface area contributed by atoms with Gasteiger partial charge in [-0.25, -0.2) is 4.79 Å². The second kappa shape index (κ2) is 9.74. The molecule has 0 saturated heterocycles. The minimum Gasteiger partial charge on any atom is -0.472 e. The summed E-state index contributed by atoms with van der Waals surface area (Å²) >= 11 is 0. The molecule has 33 heavy (non-hydrogen) atoms. The topological polar surface area (TPSA) is 64.5 Å². The highest BCUT2D eigenvalue weighted by Gasteiger charge is 2.25. The van der Waals surface area contributed by atoms with Crippen molar-refractivity contribution in [2.75, 3.05) is 6.54 Å². The fraction of sp³-hybridized carbons (Fsp3) is 0.296. The zero-order chi connectivity index (χ0) is 23.3. The first-order valence-corrected chi connectivity index (χ1v) is 11.0. The lowest BCUT2D eigenvalue weighted by molar-refractivity contribution is 0.0224. The summed E-state index contributed by atoms with van der Waals surface area (Å²) in [7, 11) is 0. The maximum atomic E-state index is 12.3. The highest BCUT2D eigenvalue weighted by Crippen LogP contribution is 2.22. The number of nitrogens with zero attached hydrogens (tertiary/aromatic N) is 3. The van der Waals surface area contributed by atoms with E-state index in [0.717, 1.165) is 23.1 Å². The molecule has 1 aliphatic heterocycles. The van der Waals surface area contributed by atoms with Crippen LogP contribution in [0.25, 0.3) is 0 Å². The van der Waals surface area contributed by atoms with Crippen LogP contribution in [0, 0.1) is 11.8 Å². The first-order chi connectivity index (χ1) is 15.9. The summed E-state index contributed by atoms with van der Waals surface area (Å²) < 4.78 is 11.2. The summed E-state index contributed by atoms with van der Waals surface area (Å²) in [6.45, 7) is 7.26. The number of hydrogen-bond acceptors (Lipinski definition) is 5. The van der Waals surface area contributed by atoms with Gasteiger partial charge in [-0.2, -0.15) is 0 Å². The highest BCUT2D eigenvalue weighted by molar-refractivity contribution is 5.68. The van der Waals surface area contributed by atoms with Crippen LogP contribution >= 0.6 is 0 Å². The molecule has 1 aromatic heterocycles. The Hall–Kier alpha value is -3.85. The van der Waals surface area contributed by atoms with Crippen molar-refractivity contribution in [2.45, 2.75) is 45.9 Å². The van der Waals surface area contributed by atoms with Gasteiger partial charge in [0.15, 0.2) is 0 Å². The SMILES string of the molecule is CC(C)(C)OC(=O)N1CCc2cc(C#Cc3ccc(OCc4ccccc4)nn3)ccc2C1. The number of aromatic nitrogens is 2. The Kier molecular flexibility index (Phi) is 6.60. The van der Waals surface area contributed by atoms with Gasteiger partial charge >= 0.3 is 6.09 Å². The van der Waals surface area contributed by atoms with Crippen molar-refractivity contribution in [3.05, 3.63) is 88.6 Å². The summed E-state index contributed by atoms with van der Waals surface area (Å²) in [6.07, 6.45) is 0.504. The number of ether oxygens (including phenoxy) is 2. The third kappa shape index (κ3) is 6.33. The number of hydrogen-bond donors (Lipinski definition) is 0. The molecule has 2 heterocycles. The predicted octanol–water partition coefficient (Wildman–Crippen LogP) is 4.75. The fourth-order valence-electron chi connectivity index (χ4n) is 3.44. The lowest BCUT2D eigenvalue weighted by Crippen LogP contribution is -2.39. The first-order valence-electron chi connectivity index (χ1n) is 11.0. The standard InChI is InChI=1S/C27H27N3O3/c1-27(2,3)33-26(31)30-16-15-22-17-20(9-11-23(22)18-30)10-12-24-13-14-25(29-28-24)32-19-21-7-5-4-6-8-21/h4-9,11,13-14,17H,15-16,18-19H2,1-3H3. The summed E-state index contributed by atoms with van der Waals surface area (Å²) in [5.74, 6) is 6.68. The second-order valence-electron chi connectivity index (χ2n) is 8.92. The molecule has 1 aliphatic rings. The molecule has 168 valence electrons. The quantitative estimate of drug-likeness (QED) is 0.549. The summed E-state index contributed by atoms with van der Waals surface area (Å²) in [4.78, 5) is 14.1. The molecule has 1 amide bonds. The van der Waals surface area contributed by atoms with E-state index in [1.807, 2.05) is 63.2 Å². The highest BCUT2D eigenvalue weighted by atomic mass is 16.6. The molecule has 0 atom stereocenters. The van der Waals surface area contributed by atoms with Gasteiger partial charge < -0.3 is 14.4 Å². The summed E-state index contributed by atoms with van der Waals surface area (Å²) in [5.41, 5.74) is 4.40. The largest absolute Gasteiger partial charge is 0.472 e. The summed E-state index contributed by atoms with van der Waals surface area (Å²) in [6, 6.07) is 19.6. The molecule has 0 N–H and O–H groups in total. The fourth-order valence-corrected chi connectivity index (χ4v) is 3.44. The maximum Gasteiger partial charge on any atom is 0.410 e. The normalized spacial score (nSPS) is 12.9. The zero-order valence-corrected chi connectivity index (χ0v) is 19.2. The van der Waals surface area contributed by atoms with E-state index >= 15 is 0 Å². The van der Waals surface area contributed by atoms with Gasteiger partial charge in [-0.3, -0.25) is 0 Å². The first kappa shape index (κ1) is 22.3. The summed E-state index contributed by atoms with van der Waals surface area (Å²) in [5, 5.41) is 8.25. The molecule has 0 spiro atoms. The van der Waals surface area contributed by atoms with Crippen LogP contribution in [0.15, 0.2) is 60.7 Å². The second-order valence-corrected chi connectivity index (χ2v) is 8.92. The third-order valence-corrected chi connectivity index (χ3v) is 5.07. The van der Waals surface area contributed by atoms with E-state index in [4.69, 9.17) is 9.47 Å². The van der Waals surface area contributed by atoms with Crippen molar-refractivity contribution >= 4 is 6.09 Å². The van der Waals surface area contributed by atoms with Gasteiger partial charge in [0.1, 0.15) is 17.9 Å². The zero-order valence-electron chi connectivity index (χ0n) is 19.2. The molecule has 0 fully saturated rings. The Balaban J connectivity index is 1.36. The van der Waals surface area contributed by atoms with Gasteiger partial charge in [-0.1, -0.05) is 42.3 Å². The van der Waals surface area contributed by atoms with Gasteiger partial charge in [0, 0.05) is 24.7 Å². The van der Waals surface area contributed by atoms with Gasteiger partial charge in [0.2, 0.25) is 5.88 Å². The van der Waals surface area contributed by atoms with Crippen molar-refractivity contribution in [2.24, 2.45) is 0 Å². The third-order valence-electron chi connectivity index (χ3n) is 5.07. The molecule has 2 aromatic carbocycles. The van der Waals surface area contributed by atoms with Crippen LogP contribution in [0.5, 0.6) is 5.88 Å². The van der Waals surface area contributed by atoms with E-state index in [1.54, 1.807) is 17.0 Å². The molecule has 0 saturated carbocycles. The van der Waals surface area contributed by atoms with Crippen LogP contribution in [-0.2, 0) is 24.3 Å². The molecule has 0 bridgehead atoms. The predicted molar refractivity (Wildman–Crippen MR) is 126 cm³/mol. The molecule has 4 rings (SSSR count). The number of fused-ring (bicyclic) bond motifs is 1. The van der Waals surface area contributed by atoms with Crippen LogP contribution in [0.2, 0.25) is 0 Å². The van der Waals surface area contributed by atoms with Gasteiger partial charge in [-0.15, -0.1) is 10.2 Å². The number of amides is 1. The molecule has 0 aliphatic carbocycles. The van der Waals surface area contributed by atoms with Gasteiger partial charge in [0.05, 0.1) is 0 Å². The minimum atomic E-state index is -0.494. The van der Waals surface area contributed by atoms with E-state index in [0.29, 0.717) is 31.3 Å². The lowest BCUT2D eigenvalue weighted by atomic mass is 9.97. The van der Waals surface area contributed by atoms with Crippen molar-refractivity contribution in [1.82, 2.24) is 15.1 Å². The molecule has 0 radical (unpaired) electrons. The molecule has 0 unspecified atom stereocenters. The Bertz CT molecular complexity index is 1170. The number of carbonyl (C=O) groups excluding carboxylic acids is 1. The molecular weight excluding hydrogens is 414 g/mol. The molecule has 3 aromatic rings. The molecular formula is C27H27N3O3. The van der Waals surface area contributed by atoms with Crippen molar-refractivity contribution in [3.8, 4) is 17.7 Å². The minimum absolute atomic E-state index is 0.271. The van der Waals surface area contributed by atoms with Crippen LogP contribution in [-0.4, -0.2) is 33.3 Å². The van der Waals surface area contributed by atoms with Crippen LogP contribution < -0.4 is 4.74 Å². The van der Waals surface area contributed by atoms with Crippen molar-refractivity contribution in [3.63, 3.8) is 0 Å². The Morgan fingerprint density at radius 3 is 2.55 bits per heavy atom. The van der Waals surface area contributed by atoms with Crippen molar-refractivity contribution in [1.29, 1.82) is 0 Å². The molecule has 6 nitrogen and oxygen atoms in total. The lowest BCUT2D eigenvalue weighted by Gasteiger charge is -2.31. The number of rotatable bonds is 3. The van der Waals surface area contributed by atoms with E-state index in [-0.39, 0.29) is 6.09 Å². The number of carbonyl (C=O) groups is 1. The van der Waals surface area contributed by atoms with Crippen LogP contribution in [0.4, 0.5) is 4.79 Å².